The molecule has 0 radical (unpaired) electrons. The Hall–Kier alpha value is -6.07. The van der Waals surface area contributed by atoms with Gasteiger partial charge in [-0.3, -0.25) is 9.59 Å². The van der Waals surface area contributed by atoms with E-state index in [1.807, 2.05) is 38.2 Å². The predicted molar refractivity (Wildman–Crippen MR) is 374 cm³/mol. The monoisotopic (exact) mass is 1320 g/mol. The van der Waals surface area contributed by atoms with Crippen molar-refractivity contribution in [1.82, 2.24) is 31.9 Å². The Bertz CT molecular complexity index is 3850. The molecule has 19 atom stereocenters. The number of Topliss-reactive ketones (excluding diaryl/α,β-unsaturated/α-hetero) is 2. The van der Waals surface area contributed by atoms with Gasteiger partial charge in [-0.2, -0.15) is 0 Å². The Morgan fingerprint density at radius 2 is 1.74 bits per heavy atom. The Kier molecular flexibility index (Phi) is 15.8. The van der Waals surface area contributed by atoms with Crippen LogP contribution in [0.3, 0.4) is 0 Å². The van der Waals surface area contributed by atoms with Crippen molar-refractivity contribution in [2.24, 2.45) is 68.8 Å². The van der Waals surface area contributed by atoms with E-state index >= 15 is 14.4 Å². The van der Waals surface area contributed by atoms with Crippen LogP contribution in [0.15, 0.2) is 136 Å². The van der Waals surface area contributed by atoms with E-state index in [9.17, 15) is 15.3 Å². The summed E-state index contributed by atoms with van der Waals surface area (Å²) in [5.41, 5.74) is 11.3. The van der Waals surface area contributed by atoms with Crippen molar-refractivity contribution >= 4 is 17.5 Å². The van der Waals surface area contributed by atoms with Gasteiger partial charge in [0.1, 0.15) is 17.7 Å². The molecule has 4 spiro atoms. The number of carbonyl (C=O) groups excluding carboxylic acids is 3. The summed E-state index contributed by atoms with van der Waals surface area (Å²) in [6.07, 6.45) is 37.0. The molecule has 11 bridgehead atoms. The maximum atomic E-state index is 17.1. The molecule has 516 valence electrons. The first-order chi connectivity index (χ1) is 46.9. The lowest BCUT2D eigenvalue weighted by molar-refractivity contribution is -0.199. The van der Waals surface area contributed by atoms with Crippen molar-refractivity contribution in [3.63, 3.8) is 0 Å². The zero-order chi connectivity index (χ0) is 66.6. The zero-order valence-corrected chi connectivity index (χ0v) is 57.7. The summed E-state index contributed by atoms with van der Waals surface area (Å²) in [5.74, 6) is -0.658. The fourth-order valence-corrected chi connectivity index (χ4v) is 24.8. The van der Waals surface area contributed by atoms with Crippen molar-refractivity contribution in [2.75, 3.05) is 26.7 Å². The Morgan fingerprint density at radius 1 is 0.907 bits per heavy atom. The third-order valence-corrected chi connectivity index (χ3v) is 29.2. The van der Waals surface area contributed by atoms with Crippen molar-refractivity contribution in [1.29, 1.82) is 0 Å². The number of dihydropyridines is 2. The van der Waals surface area contributed by atoms with E-state index in [1.54, 1.807) is 12.1 Å². The number of esters is 1. The molecule has 6 fully saturated rings. The molecule has 97 heavy (non-hydrogen) atoms. The maximum absolute atomic E-state index is 17.1. The van der Waals surface area contributed by atoms with Gasteiger partial charge in [0.15, 0.2) is 11.4 Å². The summed E-state index contributed by atoms with van der Waals surface area (Å²) in [6.45, 7) is 7.53. The van der Waals surface area contributed by atoms with Crippen LogP contribution in [0.4, 0.5) is 0 Å². The minimum absolute atomic E-state index is 0.00000123. The summed E-state index contributed by atoms with van der Waals surface area (Å²) in [5, 5.41) is 60.1. The van der Waals surface area contributed by atoms with Crippen molar-refractivity contribution < 1.29 is 39.2 Å². The number of aromatic hydroxyl groups is 1. The molecule has 15 nitrogen and oxygen atoms in total. The largest absolute Gasteiger partial charge is 0.508 e. The van der Waals surface area contributed by atoms with Crippen LogP contribution < -0.4 is 37.6 Å². The second kappa shape index (κ2) is 23.8. The number of epoxide rings is 1. The van der Waals surface area contributed by atoms with Crippen molar-refractivity contribution in [2.45, 2.75) is 228 Å². The highest BCUT2D eigenvalue weighted by Gasteiger charge is 2.86. The summed E-state index contributed by atoms with van der Waals surface area (Å²) >= 11 is 0. The van der Waals surface area contributed by atoms with Gasteiger partial charge in [0.2, 0.25) is 5.78 Å². The molecule has 11 N–H and O–H groups in total. The van der Waals surface area contributed by atoms with Gasteiger partial charge in [-0.25, -0.2) is 4.79 Å². The number of benzene rings is 2. The number of hydrogen-bond acceptors (Lipinski definition) is 15. The highest BCUT2D eigenvalue weighted by molar-refractivity contribution is 6.33. The highest BCUT2D eigenvalue weighted by Crippen LogP contribution is 2.78. The topological polar surface area (TPSA) is 232 Å². The lowest BCUT2D eigenvalue weighted by atomic mass is 9.45. The molecule has 15 aliphatic rings. The molecule has 1 saturated heterocycles. The van der Waals surface area contributed by atoms with Crippen molar-refractivity contribution in [3.8, 4) is 5.75 Å². The fraction of sp³-hybridized carbons (Fsp3) is 0.622. The van der Waals surface area contributed by atoms with Crippen LogP contribution in [0.1, 0.15) is 206 Å². The molecule has 0 amide bonds. The van der Waals surface area contributed by atoms with Gasteiger partial charge in [-0.1, -0.05) is 112 Å². The number of aliphatic hydroxyl groups is 2. The SMILES string of the molecule is CCN[C@@]12C=C3C=CC[C@@H]4CCCC[C@]5(C)CC6=CNC(N)C(=C6)[C@@H](c6cccc(O)c6)C[C@@H]6[C@@H](C1)[C@H](C[C@@H](O)[C@]61CC6(CCCC6)[C@@]6(C[C@H]7C=CN[C@H]7C6)C1)[C@@H](OC(=O)[C@]16O[C@@]1(C/C(CO)=C(\C)CCC1=CCNC7=C1CC[C@H](NC)N7)C(=O)c1cccc(c1C6=O)C5)[C@@H]2C[C@@H]34. The van der Waals surface area contributed by atoms with E-state index in [0.717, 1.165) is 124 Å². The van der Waals surface area contributed by atoms with E-state index in [0.29, 0.717) is 80.6 Å². The molecular formula is C82H105N7O8. The minimum Gasteiger partial charge on any atom is -0.508 e. The average molecular weight is 1320 g/mol. The van der Waals surface area contributed by atoms with Crippen LogP contribution in [0.2, 0.25) is 0 Å². The normalized spacial score (nSPS) is 41.9. The van der Waals surface area contributed by atoms with Crippen LogP contribution in [-0.4, -0.2) is 107 Å². The van der Waals surface area contributed by atoms with Crippen molar-refractivity contribution in [3.05, 3.63) is 158 Å². The molecule has 17 rings (SSSR count). The van der Waals surface area contributed by atoms with Crippen LogP contribution in [0.5, 0.6) is 5.75 Å². The van der Waals surface area contributed by atoms with E-state index in [4.69, 9.17) is 15.2 Å². The number of ether oxygens (including phenoxy) is 2. The lowest BCUT2D eigenvalue weighted by Gasteiger charge is -2.63. The predicted octanol–water partition coefficient (Wildman–Crippen LogP) is 11.5. The number of phenols is 1. The van der Waals surface area contributed by atoms with Gasteiger partial charge in [-0.05, 0) is 251 Å². The number of hydrogen-bond donors (Lipinski definition) is 10. The van der Waals surface area contributed by atoms with Gasteiger partial charge in [-0.15, -0.1) is 0 Å². The molecule has 7 heterocycles. The fourth-order valence-electron chi connectivity index (χ4n) is 24.8. The number of carbonyl (C=O) groups is 3. The molecule has 5 saturated carbocycles. The van der Waals surface area contributed by atoms with Gasteiger partial charge in [0, 0.05) is 65.0 Å². The molecular weight excluding hydrogens is 1210 g/mol. The number of nitrogens with one attached hydrogen (secondary N) is 6. The third-order valence-electron chi connectivity index (χ3n) is 29.2. The summed E-state index contributed by atoms with van der Waals surface area (Å²) in [6, 6.07) is 13.9. The highest BCUT2D eigenvalue weighted by atomic mass is 16.7. The summed E-state index contributed by atoms with van der Waals surface area (Å²) in [4.78, 5) is 50.4. The number of phenolic OH excluding ortho intramolecular Hbond substituents is 1. The molecule has 7 aliphatic heterocycles. The van der Waals surface area contributed by atoms with Crippen LogP contribution >= 0.6 is 0 Å². The van der Waals surface area contributed by atoms with Crippen LogP contribution in [0, 0.1) is 63.1 Å². The van der Waals surface area contributed by atoms with E-state index < -0.39 is 63.5 Å². The molecule has 1 unspecified atom stereocenters. The first kappa shape index (κ1) is 64.3. The molecule has 15 heteroatoms. The second-order valence-corrected chi connectivity index (χ2v) is 34.0. The Labute approximate surface area is 573 Å². The number of ketones is 2. The van der Waals surface area contributed by atoms with Gasteiger partial charge >= 0.3 is 5.97 Å². The number of likely N-dealkylation sites (N-methyl/N-ethyl adjacent to an activating group) is 1. The third kappa shape index (κ3) is 9.91. The summed E-state index contributed by atoms with van der Waals surface area (Å²) < 4.78 is 14.8. The number of aliphatic hydroxyl groups excluding tert-OH is 2. The lowest BCUT2D eigenvalue weighted by Crippen LogP contribution is -2.68. The smallest absolute Gasteiger partial charge is 0.350 e. The summed E-state index contributed by atoms with van der Waals surface area (Å²) in [7, 11) is 1.97. The second-order valence-electron chi connectivity index (χ2n) is 34.0. The zero-order valence-electron chi connectivity index (χ0n) is 57.7. The van der Waals surface area contributed by atoms with Gasteiger partial charge in [0.05, 0.1) is 25.0 Å². The first-order valence-electron chi connectivity index (χ1n) is 37.9. The molecule has 2 aromatic rings. The number of rotatable bonds is 10. The molecule has 2 aromatic carbocycles. The van der Waals surface area contributed by atoms with Crippen LogP contribution in [-0.2, 0) is 20.7 Å². The van der Waals surface area contributed by atoms with Gasteiger partial charge < -0.3 is 62.4 Å². The number of allylic oxidation sites excluding steroid dienone is 8. The standard InChI is InChI=1S/C82H105N7O8/c1-5-88-80-39-52-16-10-14-49-13-6-7-26-76(3)36-48-31-62(73(83)87-43-48)60(51-15-11-18-56(91)32-51)34-64-63(41-80)61(35-67(92)79(64)45-77(27-8-9-28-77)78(46-79)38-53-25-29-85-66(53)42-78)70(65(80)33-59(49)52)96-75(95)82-72(94)69-54(37-76)17-12-19-58(69)71(93)81(82,97-82)40-55(44-90)47(2)20-21-50-24-30-86-74-57(50)22-23-68(84-4)89-74/h10-12,15-19,24-25,29,31-32,39,43,49,53,59-61,63-68,70,73,84-92H,5-9,13-14,20-23,26-28,30,33-38,40-42,44-46,83H2,1-4H3/b55-47-/t49-,53+,59+,60+,61-,63-,64+,65-,66-,67+,68+,70+,73?,76+,78+,79-,80-,81-,82-/m0/s1. The minimum atomic E-state index is -2.34. The first-order valence-corrected chi connectivity index (χ1v) is 37.9. The van der Waals surface area contributed by atoms with Crippen LogP contribution in [0.25, 0.3) is 0 Å². The Morgan fingerprint density at radius 3 is 2.56 bits per heavy atom. The average Bonchev–Trinajstić information content (AvgIpc) is 1.50. The maximum Gasteiger partial charge on any atom is 0.350 e. The quantitative estimate of drug-likeness (QED) is 0.0461. The molecule has 0 aromatic heterocycles. The number of fused-ring (bicyclic) bond motifs is 6. The Balaban J connectivity index is 0.863. The van der Waals surface area contributed by atoms with Gasteiger partial charge in [0.25, 0.3) is 5.60 Å². The van der Waals surface area contributed by atoms with E-state index in [1.165, 1.54) is 29.6 Å². The number of nitrogens with two attached hydrogens (primary N) is 1. The van der Waals surface area contributed by atoms with E-state index in [2.05, 4.69) is 101 Å². The molecule has 8 aliphatic carbocycles. The van der Waals surface area contributed by atoms with E-state index in [-0.39, 0.29) is 82.4 Å².